The first-order chi connectivity index (χ1) is 12.2. The summed E-state index contributed by atoms with van der Waals surface area (Å²) in [6.07, 6.45) is -1.26. The van der Waals surface area contributed by atoms with Gasteiger partial charge in [0.1, 0.15) is 5.82 Å². The van der Waals surface area contributed by atoms with Crippen molar-refractivity contribution < 1.29 is 23.6 Å². The topological polar surface area (TPSA) is 125 Å². The summed E-state index contributed by atoms with van der Waals surface area (Å²) < 4.78 is 18.0. The summed E-state index contributed by atoms with van der Waals surface area (Å²) in [4.78, 5) is 34.3. The molecule has 0 heterocycles. The lowest BCUT2D eigenvalue weighted by atomic mass is 10.2. The molecule has 0 fully saturated rings. The van der Waals surface area contributed by atoms with Gasteiger partial charge in [-0.15, -0.1) is 0 Å². The molecule has 0 aliphatic rings. The molecule has 0 aromatic heterocycles. The standard InChI is InChI=1S/C16H13ClFN3O5/c1-8(26-16(23)11-4-2-9(18)6-13(11)19)15(22)20-14-7-10(21(24)25)3-5-12(14)17/h2-8H,19H2,1H3,(H,20,22). The zero-order valence-corrected chi connectivity index (χ0v) is 14.1. The lowest BCUT2D eigenvalue weighted by Gasteiger charge is -2.15. The number of nitrogens with two attached hydrogens (primary N) is 1. The van der Waals surface area contributed by atoms with E-state index in [1.807, 2.05) is 0 Å². The number of non-ortho nitro benzene ring substituents is 1. The van der Waals surface area contributed by atoms with Gasteiger partial charge >= 0.3 is 5.97 Å². The number of nitrogens with one attached hydrogen (secondary N) is 1. The SMILES string of the molecule is CC(OC(=O)c1ccc(F)cc1N)C(=O)Nc1cc([N+](=O)[O-])ccc1Cl. The number of esters is 1. The van der Waals surface area contributed by atoms with Gasteiger partial charge in [-0.3, -0.25) is 14.9 Å². The van der Waals surface area contributed by atoms with Crippen LogP contribution in [0.15, 0.2) is 36.4 Å². The Bertz CT molecular complexity index is 890. The number of ether oxygens (including phenoxy) is 1. The summed E-state index contributed by atoms with van der Waals surface area (Å²) in [6.45, 7) is 1.29. The van der Waals surface area contributed by atoms with E-state index in [1.165, 1.54) is 19.1 Å². The zero-order valence-electron chi connectivity index (χ0n) is 13.4. The lowest BCUT2D eigenvalue weighted by Crippen LogP contribution is -2.30. The Hall–Kier alpha value is -3.20. The van der Waals surface area contributed by atoms with E-state index < -0.39 is 28.7 Å². The highest BCUT2D eigenvalue weighted by molar-refractivity contribution is 6.33. The van der Waals surface area contributed by atoms with Crippen molar-refractivity contribution in [1.82, 2.24) is 0 Å². The van der Waals surface area contributed by atoms with Crippen molar-refractivity contribution in [3.8, 4) is 0 Å². The second-order valence-corrected chi connectivity index (χ2v) is 5.60. The van der Waals surface area contributed by atoms with Crippen molar-refractivity contribution in [3.05, 3.63) is 62.9 Å². The van der Waals surface area contributed by atoms with Crippen LogP contribution in [-0.4, -0.2) is 22.9 Å². The number of carbonyl (C=O) groups is 2. The number of halogens is 2. The van der Waals surface area contributed by atoms with Crippen LogP contribution in [0.2, 0.25) is 5.02 Å². The predicted octanol–water partition coefficient (Wildman–Crippen LogP) is 3.15. The second kappa shape index (κ2) is 7.79. The van der Waals surface area contributed by atoms with Crippen LogP contribution < -0.4 is 11.1 Å². The first-order valence-corrected chi connectivity index (χ1v) is 7.57. The van der Waals surface area contributed by atoms with Gasteiger partial charge in [0.15, 0.2) is 6.10 Å². The van der Waals surface area contributed by atoms with Gasteiger partial charge < -0.3 is 15.8 Å². The van der Waals surface area contributed by atoms with E-state index in [0.717, 1.165) is 24.3 Å². The third-order valence-corrected chi connectivity index (χ3v) is 3.63. The van der Waals surface area contributed by atoms with E-state index in [2.05, 4.69) is 5.32 Å². The van der Waals surface area contributed by atoms with Gasteiger partial charge in [-0.25, -0.2) is 9.18 Å². The molecule has 0 aliphatic heterocycles. The number of anilines is 2. The van der Waals surface area contributed by atoms with E-state index >= 15 is 0 Å². The number of nitrogen functional groups attached to an aromatic ring is 1. The van der Waals surface area contributed by atoms with E-state index in [-0.39, 0.29) is 27.6 Å². The number of rotatable bonds is 5. The minimum Gasteiger partial charge on any atom is -0.449 e. The number of hydrogen-bond donors (Lipinski definition) is 2. The highest BCUT2D eigenvalue weighted by atomic mass is 35.5. The first-order valence-electron chi connectivity index (χ1n) is 7.20. The van der Waals surface area contributed by atoms with Gasteiger partial charge in [0.05, 0.1) is 21.2 Å². The Morgan fingerprint density at radius 2 is 2.00 bits per heavy atom. The van der Waals surface area contributed by atoms with Gasteiger partial charge in [-0.1, -0.05) is 11.6 Å². The van der Waals surface area contributed by atoms with Crippen molar-refractivity contribution >= 4 is 40.5 Å². The maximum absolute atomic E-state index is 13.0. The number of carbonyl (C=O) groups excluding carboxylic acids is 2. The number of amides is 1. The van der Waals surface area contributed by atoms with Crippen LogP contribution in [0.4, 0.5) is 21.5 Å². The molecule has 2 aromatic rings. The molecule has 0 aliphatic carbocycles. The molecule has 1 atom stereocenters. The summed E-state index contributed by atoms with van der Waals surface area (Å²) in [7, 11) is 0. The van der Waals surface area contributed by atoms with Gasteiger partial charge in [0, 0.05) is 17.8 Å². The Morgan fingerprint density at radius 3 is 2.62 bits per heavy atom. The molecule has 26 heavy (non-hydrogen) atoms. The Labute approximate surface area is 151 Å². The quantitative estimate of drug-likeness (QED) is 0.355. The summed E-state index contributed by atoms with van der Waals surface area (Å²) in [5.74, 6) is -2.30. The van der Waals surface area contributed by atoms with E-state index in [4.69, 9.17) is 22.1 Å². The molecule has 0 saturated heterocycles. The van der Waals surface area contributed by atoms with E-state index in [1.54, 1.807) is 0 Å². The summed E-state index contributed by atoms with van der Waals surface area (Å²) in [5, 5.41) is 13.2. The van der Waals surface area contributed by atoms with Gasteiger partial charge in [0.2, 0.25) is 0 Å². The fourth-order valence-corrected chi connectivity index (χ4v) is 2.12. The number of nitro benzene ring substituents is 1. The largest absolute Gasteiger partial charge is 0.449 e. The lowest BCUT2D eigenvalue weighted by molar-refractivity contribution is -0.384. The fourth-order valence-electron chi connectivity index (χ4n) is 1.95. The average molecular weight is 382 g/mol. The van der Waals surface area contributed by atoms with Crippen LogP contribution in [0.3, 0.4) is 0 Å². The predicted molar refractivity (Wildman–Crippen MR) is 92.4 cm³/mol. The normalized spacial score (nSPS) is 11.5. The van der Waals surface area contributed by atoms with Crippen LogP contribution in [0.25, 0.3) is 0 Å². The highest BCUT2D eigenvalue weighted by Crippen LogP contribution is 2.27. The summed E-state index contributed by atoms with van der Waals surface area (Å²) >= 11 is 5.89. The molecule has 8 nitrogen and oxygen atoms in total. The second-order valence-electron chi connectivity index (χ2n) is 5.19. The number of nitrogens with zero attached hydrogens (tertiary/aromatic N) is 1. The van der Waals surface area contributed by atoms with Crippen molar-refractivity contribution in [2.24, 2.45) is 0 Å². The van der Waals surface area contributed by atoms with Gasteiger partial charge in [-0.2, -0.15) is 0 Å². The molecule has 0 saturated carbocycles. The Kier molecular flexibility index (Phi) is 5.73. The molecule has 2 aromatic carbocycles. The highest BCUT2D eigenvalue weighted by Gasteiger charge is 2.22. The third-order valence-electron chi connectivity index (χ3n) is 3.31. The van der Waals surface area contributed by atoms with Crippen LogP contribution in [0, 0.1) is 15.9 Å². The molecule has 10 heteroatoms. The van der Waals surface area contributed by atoms with Crippen LogP contribution in [0.5, 0.6) is 0 Å². The van der Waals surface area contributed by atoms with Crippen LogP contribution >= 0.6 is 11.6 Å². The fraction of sp³-hybridized carbons (Fsp3) is 0.125. The molecule has 0 spiro atoms. The molecule has 0 radical (unpaired) electrons. The molecule has 2 rings (SSSR count). The molecule has 0 bridgehead atoms. The number of nitro groups is 1. The zero-order chi connectivity index (χ0) is 19.4. The van der Waals surface area contributed by atoms with Crippen molar-refractivity contribution in [2.75, 3.05) is 11.1 Å². The van der Waals surface area contributed by atoms with Crippen molar-refractivity contribution in [2.45, 2.75) is 13.0 Å². The third kappa shape index (κ3) is 4.45. The summed E-state index contributed by atoms with van der Waals surface area (Å²) in [6, 6.07) is 6.62. The smallest absolute Gasteiger partial charge is 0.341 e. The Balaban J connectivity index is 2.09. The first kappa shape index (κ1) is 19.1. The monoisotopic (exact) mass is 381 g/mol. The van der Waals surface area contributed by atoms with Gasteiger partial charge in [-0.05, 0) is 31.2 Å². The molecule has 3 N–H and O–H groups in total. The number of benzene rings is 2. The number of hydrogen-bond acceptors (Lipinski definition) is 6. The van der Waals surface area contributed by atoms with Crippen LogP contribution in [0.1, 0.15) is 17.3 Å². The van der Waals surface area contributed by atoms with Crippen molar-refractivity contribution in [3.63, 3.8) is 0 Å². The van der Waals surface area contributed by atoms with Crippen molar-refractivity contribution in [1.29, 1.82) is 0 Å². The molecule has 1 unspecified atom stereocenters. The molecule has 1 amide bonds. The minimum absolute atomic E-state index is 0.00457. The van der Waals surface area contributed by atoms with E-state index in [0.29, 0.717) is 0 Å². The maximum atomic E-state index is 13.0. The summed E-state index contributed by atoms with van der Waals surface area (Å²) in [5.41, 5.74) is 5.03. The van der Waals surface area contributed by atoms with E-state index in [9.17, 15) is 24.1 Å². The molecule has 136 valence electrons. The molecular weight excluding hydrogens is 369 g/mol. The Morgan fingerprint density at radius 1 is 1.31 bits per heavy atom. The molecular formula is C16H13ClFN3O5. The minimum atomic E-state index is -1.26. The van der Waals surface area contributed by atoms with Crippen LogP contribution in [-0.2, 0) is 9.53 Å². The average Bonchev–Trinajstić information content (AvgIpc) is 2.56. The van der Waals surface area contributed by atoms with Gasteiger partial charge in [0.25, 0.3) is 11.6 Å². The maximum Gasteiger partial charge on any atom is 0.341 e.